The first-order chi connectivity index (χ1) is 15.3. The van der Waals surface area contributed by atoms with Crippen molar-refractivity contribution in [1.29, 1.82) is 0 Å². The first kappa shape index (κ1) is 23.2. The average molecular weight is 447 g/mol. The number of carbonyl (C=O) groups excluding carboxylic acids is 1. The summed E-state index contributed by atoms with van der Waals surface area (Å²) in [5, 5.41) is 2.98. The van der Waals surface area contributed by atoms with Gasteiger partial charge in [-0.05, 0) is 30.5 Å². The Kier molecular flexibility index (Phi) is 7.12. The molecule has 1 N–H and O–H groups in total. The zero-order chi connectivity index (χ0) is 23.4. The second kappa shape index (κ2) is 9.80. The number of piperidine rings is 1. The van der Waals surface area contributed by atoms with Crippen LogP contribution in [0, 0.1) is 5.92 Å². The molecular formula is C22H30N4O6. The Morgan fingerprint density at radius 1 is 1.03 bits per heavy atom. The van der Waals surface area contributed by atoms with Gasteiger partial charge < -0.3 is 24.4 Å². The molecule has 2 aromatic rings. The third kappa shape index (κ3) is 4.58. The summed E-state index contributed by atoms with van der Waals surface area (Å²) in [6, 6.07) is 5.03. The Morgan fingerprint density at radius 2 is 1.69 bits per heavy atom. The number of amides is 1. The zero-order valence-corrected chi connectivity index (χ0v) is 19.1. The fourth-order valence-electron chi connectivity index (χ4n) is 3.99. The molecule has 2 heterocycles. The molecule has 1 fully saturated rings. The topological polar surface area (TPSA) is 104 Å². The molecule has 174 valence electrons. The normalized spacial score (nSPS) is 15.9. The Bertz CT molecular complexity index is 1080. The predicted octanol–water partition coefficient (Wildman–Crippen LogP) is 0.643. The number of nitrogens with zero attached hydrogens (tertiary/aromatic N) is 3. The number of ether oxygens (including phenoxy) is 3. The van der Waals surface area contributed by atoms with Crippen LogP contribution in [0.2, 0.25) is 0 Å². The largest absolute Gasteiger partial charge is 0.493 e. The summed E-state index contributed by atoms with van der Waals surface area (Å²) in [5.41, 5.74) is 0.0630. The molecule has 0 unspecified atom stereocenters. The summed E-state index contributed by atoms with van der Waals surface area (Å²) < 4.78 is 18.6. The minimum absolute atomic E-state index is 0.0858. The predicted molar refractivity (Wildman–Crippen MR) is 120 cm³/mol. The molecule has 0 bridgehead atoms. The Labute approximate surface area is 186 Å². The summed E-state index contributed by atoms with van der Waals surface area (Å²) in [6.07, 6.45) is 1.52. The van der Waals surface area contributed by atoms with E-state index in [1.54, 1.807) is 33.4 Å². The van der Waals surface area contributed by atoms with Gasteiger partial charge in [0.2, 0.25) is 11.7 Å². The lowest BCUT2D eigenvalue weighted by molar-refractivity contribution is -0.125. The molecule has 1 aromatic carbocycles. The Morgan fingerprint density at radius 3 is 2.28 bits per heavy atom. The van der Waals surface area contributed by atoms with Crippen molar-refractivity contribution in [3.8, 4) is 17.2 Å². The Hall–Kier alpha value is -3.43. The summed E-state index contributed by atoms with van der Waals surface area (Å²) in [6.45, 7) is 1.41. The molecule has 0 spiro atoms. The fraction of sp³-hybridized carbons (Fsp3) is 0.500. The molecule has 0 radical (unpaired) electrons. The van der Waals surface area contributed by atoms with Crippen LogP contribution in [0.4, 0.5) is 5.82 Å². The molecule has 0 aliphatic carbocycles. The van der Waals surface area contributed by atoms with Crippen molar-refractivity contribution in [3.05, 3.63) is 44.6 Å². The third-order valence-electron chi connectivity index (χ3n) is 5.81. The number of methoxy groups -OCH3 is 3. The molecule has 3 rings (SSSR count). The lowest BCUT2D eigenvalue weighted by atomic mass is 9.97. The second-order valence-electron chi connectivity index (χ2n) is 7.78. The summed E-state index contributed by atoms with van der Waals surface area (Å²) in [4.78, 5) is 39.2. The lowest BCUT2D eigenvalue weighted by Gasteiger charge is -2.34. The molecule has 10 heteroatoms. The first-order valence-electron chi connectivity index (χ1n) is 10.4. The number of anilines is 1. The van der Waals surface area contributed by atoms with Crippen LogP contribution >= 0.6 is 0 Å². The van der Waals surface area contributed by atoms with E-state index < -0.39 is 0 Å². The molecule has 1 aliphatic heterocycles. The van der Waals surface area contributed by atoms with Gasteiger partial charge >= 0.3 is 5.69 Å². The van der Waals surface area contributed by atoms with E-state index in [-0.39, 0.29) is 23.1 Å². The van der Waals surface area contributed by atoms with Crippen LogP contribution in [0.1, 0.15) is 18.4 Å². The van der Waals surface area contributed by atoms with Crippen molar-refractivity contribution in [2.45, 2.75) is 19.4 Å². The van der Waals surface area contributed by atoms with Crippen molar-refractivity contribution in [3.63, 3.8) is 0 Å². The van der Waals surface area contributed by atoms with Crippen molar-refractivity contribution in [2.75, 3.05) is 39.3 Å². The van der Waals surface area contributed by atoms with Gasteiger partial charge in [-0.1, -0.05) is 0 Å². The number of carbonyl (C=O) groups is 1. The van der Waals surface area contributed by atoms with Crippen molar-refractivity contribution in [1.82, 2.24) is 14.5 Å². The van der Waals surface area contributed by atoms with E-state index in [2.05, 4.69) is 5.32 Å². The maximum Gasteiger partial charge on any atom is 0.332 e. The molecule has 0 saturated carbocycles. The van der Waals surface area contributed by atoms with Crippen LogP contribution in [0.3, 0.4) is 0 Å². The van der Waals surface area contributed by atoms with Crippen LogP contribution < -0.4 is 35.7 Å². The van der Waals surface area contributed by atoms with Crippen LogP contribution in [0.15, 0.2) is 27.8 Å². The highest BCUT2D eigenvalue weighted by atomic mass is 16.5. The van der Waals surface area contributed by atoms with Crippen molar-refractivity contribution in [2.24, 2.45) is 20.0 Å². The lowest BCUT2D eigenvalue weighted by Crippen LogP contribution is -2.46. The Balaban J connectivity index is 1.72. The number of benzene rings is 1. The monoisotopic (exact) mass is 446 g/mol. The van der Waals surface area contributed by atoms with Crippen LogP contribution in [-0.4, -0.2) is 49.5 Å². The van der Waals surface area contributed by atoms with E-state index in [9.17, 15) is 14.4 Å². The molecule has 32 heavy (non-hydrogen) atoms. The molecule has 10 nitrogen and oxygen atoms in total. The highest BCUT2D eigenvalue weighted by molar-refractivity contribution is 5.79. The highest BCUT2D eigenvalue weighted by Crippen LogP contribution is 2.38. The summed E-state index contributed by atoms with van der Waals surface area (Å²) in [7, 11) is 7.70. The molecule has 1 atom stereocenters. The smallest absolute Gasteiger partial charge is 0.332 e. The quantitative estimate of drug-likeness (QED) is 0.666. The van der Waals surface area contributed by atoms with E-state index in [0.29, 0.717) is 42.7 Å². The van der Waals surface area contributed by atoms with Gasteiger partial charge in [-0.3, -0.25) is 18.7 Å². The molecular weight excluding hydrogens is 416 g/mol. The van der Waals surface area contributed by atoms with E-state index in [1.165, 1.54) is 24.8 Å². The molecule has 1 aromatic heterocycles. The van der Waals surface area contributed by atoms with Crippen LogP contribution in [0.25, 0.3) is 0 Å². The maximum atomic E-state index is 12.9. The van der Waals surface area contributed by atoms with Gasteiger partial charge in [-0.25, -0.2) is 4.79 Å². The van der Waals surface area contributed by atoms with Crippen LogP contribution in [0.5, 0.6) is 17.2 Å². The summed E-state index contributed by atoms with van der Waals surface area (Å²) >= 11 is 0. The second-order valence-corrected chi connectivity index (χ2v) is 7.78. The highest BCUT2D eigenvalue weighted by Gasteiger charge is 2.27. The zero-order valence-electron chi connectivity index (χ0n) is 19.1. The molecule has 1 aliphatic rings. The van der Waals surface area contributed by atoms with Crippen LogP contribution in [-0.2, 0) is 25.4 Å². The van der Waals surface area contributed by atoms with Gasteiger partial charge in [0, 0.05) is 39.8 Å². The number of nitrogens with one attached hydrogen (secondary N) is 1. The number of rotatable bonds is 7. The average Bonchev–Trinajstić information content (AvgIpc) is 2.82. The maximum absolute atomic E-state index is 12.9. The number of hydrogen-bond acceptors (Lipinski definition) is 7. The first-order valence-corrected chi connectivity index (χ1v) is 10.4. The minimum atomic E-state index is -0.388. The van der Waals surface area contributed by atoms with Gasteiger partial charge in [0.15, 0.2) is 11.5 Å². The SMILES string of the molecule is COc1cc(CNC(=O)[C@@H]2CCCN(c3cc(=O)n(C)c(=O)n3C)C2)cc(OC)c1OC. The number of aromatic nitrogens is 2. The van der Waals surface area contributed by atoms with Gasteiger partial charge in [0.05, 0.1) is 27.2 Å². The van der Waals surface area contributed by atoms with E-state index in [4.69, 9.17) is 14.2 Å². The van der Waals surface area contributed by atoms with Gasteiger partial charge in [-0.15, -0.1) is 0 Å². The van der Waals surface area contributed by atoms with Gasteiger partial charge in [0.25, 0.3) is 5.56 Å². The third-order valence-corrected chi connectivity index (χ3v) is 5.81. The minimum Gasteiger partial charge on any atom is -0.493 e. The molecule has 1 amide bonds. The van der Waals surface area contributed by atoms with E-state index in [0.717, 1.165) is 23.0 Å². The molecule has 1 saturated heterocycles. The van der Waals surface area contributed by atoms with Crippen molar-refractivity contribution < 1.29 is 19.0 Å². The van der Waals surface area contributed by atoms with Crippen molar-refractivity contribution >= 4 is 11.7 Å². The number of hydrogen-bond donors (Lipinski definition) is 1. The van der Waals surface area contributed by atoms with Gasteiger partial charge in [-0.2, -0.15) is 0 Å². The van der Waals surface area contributed by atoms with E-state index >= 15 is 0 Å². The van der Waals surface area contributed by atoms with E-state index in [1.807, 2.05) is 4.90 Å². The standard InChI is InChI=1S/C22H30N4O6/c1-24-18(11-19(27)25(2)22(24)29)26-8-6-7-15(13-26)21(28)23-12-14-9-16(30-3)20(32-5)17(10-14)31-4/h9-11,15H,6-8,12-13H2,1-5H3,(H,23,28)/t15-/m1/s1. The fourth-order valence-corrected chi connectivity index (χ4v) is 3.99. The summed E-state index contributed by atoms with van der Waals surface area (Å²) in [5.74, 6) is 1.72. The van der Waals surface area contributed by atoms with Gasteiger partial charge in [0.1, 0.15) is 5.82 Å².